The molecule has 0 amide bonds. The van der Waals surface area contributed by atoms with E-state index < -0.39 is 5.97 Å². The number of carbonyl (C=O) groups is 1. The van der Waals surface area contributed by atoms with Crippen LogP contribution >= 0.6 is 0 Å². The van der Waals surface area contributed by atoms with Crippen molar-refractivity contribution >= 4 is 5.97 Å². The number of likely N-dealkylation sites (tertiary alicyclic amines) is 1. The van der Waals surface area contributed by atoms with Crippen LogP contribution in [0.1, 0.15) is 39.1 Å². The minimum Gasteiger partial charge on any atom is -0.485 e. The maximum absolute atomic E-state index is 11.0. The van der Waals surface area contributed by atoms with Crippen LogP contribution in [0.2, 0.25) is 0 Å². The third-order valence-corrected chi connectivity index (χ3v) is 5.85. The highest BCUT2D eigenvalue weighted by Crippen LogP contribution is 2.36. The van der Waals surface area contributed by atoms with Crippen molar-refractivity contribution in [3.63, 3.8) is 0 Å². The van der Waals surface area contributed by atoms with Crippen LogP contribution in [0.15, 0.2) is 72.8 Å². The van der Waals surface area contributed by atoms with E-state index in [1.165, 1.54) is 11.1 Å². The molecule has 0 aromatic heterocycles. The molecule has 2 aliphatic heterocycles. The molecule has 1 saturated heterocycles. The molecule has 3 aromatic carbocycles. The highest BCUT2D eigenvalue weighted by Gasteiger charge is 2.28. The highest BCUT2D eigenvalue weighted by atomic mass is 16.6. The van der Waals surface area contributed by atoms with Crippen molar-refractivity contribution < 1.29 is 19.4 Å². The molecule has 2 heterocycles. The van der Waals surface area contributed by atoms with E-state index in [1.54, 1.807) is 12.1 Å². The molecular weight excluding hydrogens is 378 g/mol. The highest BCUT2D eigenvalue weighted by molar-refractivity contribution is 5.87. The fourth-order valence-electron chi connectivity index (χ4n) is 4.09. The number of hydrogen-bond acceptors (Lipinski definition) is 4. The molecule has 30 heavy (non-hydrogen) atoms. The Labute approximate surface area is 175 Å². The van der Waals surface area contributed by atoms with Gasteiger partial charge in [0.05, 0.1) is 5.56 Å². The first-order valence-corrected chi connectivity index (χ1v) is 10.2. The Morgan fingerprint density at radius 3 is 2.27 bits per heavy atom. The number of hydrogen-bond donors (Lipinski definition) is 1. The molecular formula is C25H23NO4. The van der Waals surface area contributed by atoms with Crippen LogP contribution < -0.4 is 9.47 Å². The van der Waals surface area contributed by atoms with E-state index in [9.17, 15) is 4.79 Å². The van der Waals surface area contributed by atoms with Gasteiger partial charge in [-0.25, -0.2) is 4.79 Å². The average Bonchev–Trinajstić information content (AvgIpc) is 2.76. The predicted molar refractivity (Wildman–Crippen MR) is 113 cm³/mol. The molecule has 5 nitrogen and oxygen atoms in total. The van der Waals surface area contributed by atoms with Crippen LogP contribution in [-0.2, 0) is 6.54 Å². The van der Waals surface area contributed by atoms with Crippen molar-refractivity contribution in [1.82, 2.24) is 4.90 Å². The van der Waals surface area contributed by atoms with E-state index in [1.807, 2.05) is 36.4 Å². The monoisotopic (exact) mass is 401 g/mol. The molecule has 5 rings (SSSR count). The lowest BCUT2D eigenvalue weighted by Gasteiger charge is -2.39. The Bertz CT molecular complexity index is 1040. The van der Waals surface area contributed by atoms with Crippen LogP contribution in [0.25, 0.3) is 0 Å². The molecule has 0 spiro atoms. The first kappa shape index (κ1) is 18.7. The fraction of sp³-hybridized carbons (Fsp3) is 0.240. The number of nitrogens with zero attached hydrogens (tertiary/aromatic N) is 1. The molecule has 0 saturated carbocycles. The minimum atomic E-state index is -0.880. The Kier molecular flexibility index (Phi) is 4.89. The largest absolute Gasteiger partial charge is 0.485 e. The number of carboxylic acids is 1. The van der Waals surface area contributed by atoms with Crippen molar-refractivity contribution in [2.75, 3.05) is 19.7 Å². The van der Waals surface area contributed by atoms with Gasteiger partial charge in [0, 0.05) is 25.6 Å². The van der Waals surface area contributed by atoms with Crippen molar-refractivity contribution in [2.24, 2.45) is 0 Å². The third kappa shape index (κ3) is 3.76. The summed E-state index contributed by atoms with van der Waals surface area (Å²) in [5.74, 6) is 1.19. The standard InChI is InChI=1S/C25H23NO4/c27-25(28)20-11-9-18(10-12-20)21-14-26(15-21)13-17-5-7-19(8-6-17)24-16-29-22-3-1-2-4-23(22)30-24/h1-12,21,24H,13-16H2,(H,27,28). The Balaban J connectivity index is 1.15. The van der Waals surface area contributed by atoms with Crippen LogP contribution in [0.5, 0.6) is 11.5 Å². The van der Waals surface area contributed by atoms with Crippen molar-refractivity contribution in [2.45, 2.75) is 18.6 Å². The molecule has 152 valence electrons. The first-order valence-electron chi connectivity index (χ1n) is 10.2. The van der Waals surface area contributed by atoms with Gasteiger partial charge in [0.15, 0.2) is 17.6 Å². The normalized spacial score (nSPS) is 18.6. The molecule has 2 aliphatic rings. The van der Waals surface area contributed by atoms with Crippen molar-refractivity contribution in [1.29, 1.82) is 0 Å². The van der Waals surface area contributed by atoms with Crippen molar-refractivity contribution in [3.8, 4) is 11.5 Å². The second-order valence-corrected chi connectivity index (χ2v) is 7.92. The number of ether oxygens (including phenoxy) is 2. The van der Waals surface area contributed by atoms with Gasteiger partial charge in [-0.05, 0) is 41.0 Å². The van der Waals surface area contributed by atoms with Crippen LogP contribution in [0.4, 0.5) is 0 Å². The van der Waals surface area contributed by atoms with Gasteiger partial charge in [-0.1, -0.05) is 48.5 Å². The quantitative estimate of drug-likeness (QED) is 0.682. The summed E-state index contributed by atoms with van der Waals surface area (Å²) in [5.41, 5.74) is 3.94. The number of fused-ring (bicyclic) bond motifs is 1. The zero-order chi connectivity index (χ0) is 20.5. The number of para-hydroxylation sites is 2. The topological polar surface area (TPSA) is 59.0 Å². The zero-order valence-corrected chi connectivity index (χ0v) is 16.5. The molecule has 1 unspecified atom stereocenters. The van der Waals surface area contributed by atoms with Gasteiger partial charge >= 0.3 is 5.97 Å². The van der Waals surface area contributed by atoms with E-state index in [0.29, 0.717) is 18.1 Å². The van der Waals surface area contributed by atoms with Gasteiger partial charge in [0.25, 0.3) is 0 Å². The molecule has 5 heteroatoms. The van der Waals surface area contributed by atoms with E-state index in [4.69, 9.17) is 14.6 Å². The lowest BCUT2D eigenvalue weighted by atomic mass is 9.90. The molecule has 0 radical (unpaired) electrons. The van der Waals surface area contributed by atoms with E-state index in [-0.39, 0.29) is 6.10 Å². The molecule has 0 aliphatic carbocycles. The zero-order valence-electron chi connectivity index (χ0n) is 16.5. The maximum atomic E-state index is 11.0. The summed E-state index contributed by atoms with van der Waals surface area (Å²) >= 11 is 0. The predicted octanol–water partition coefficient (Wildman–Crippen LogP) is 4.50. The molecule has 1 atom stereocenters. The molecule has 1 fully saturated rings. The Morgan fingerprint density at radius 1 is 0.900 bits per heavy atom. The second-order valence-electron chi connectivity index (χ2n) is 7.92. The van der Waals surface area contributed by atoms with Gasteiger partial charge < -0.3 is 14.6 Å². The maximum Gasteiger partial charge on any atom is 0.335 e. The summed E-state index contributed by atoms with van der Waals surface area (Å²) in [6.45, 7) is 3.41. The van der Waals surface area contributed by atoms with Crippen LogP contribution in [0, 0.1) is 0 Å². The summed E-state index contributed by atoms with van der Waals surface area (Å²) in [4.78, 5) is 13.4. The lowest BCUT2D eigenvalue weighted by Crippen LogP contribution is -2.44. The average molecular weight is 401 g/mol. The lowest BCUT2D eigenvalue weighted by molar-refractivity contribution is 0.0696. The SMILES string of the molecule is O=C(O)c1ccc(C2CN(Cc3ccc(C4COc5ccccc5O4)cc3)C2)cc1. The number of aromatic carboxylic acids is 1. The van der Waals surface area contributed by atoms with E-state index >= 15 is 0 Å². The van der Waals surface area contributed by atoms with Gasteiger partial charge in [-0.15, -0.1) is 0 Å². The summed E-state index contributed by atoms with van der Waals surface area (Å²) in [5, 5.41) is 9.01. The summed E-state index contributed by atoms with van der Waals surface area (Å²) < 4.78 is 11.9. The summed E-state index contributed by atoms with van der Waals surface area (Å²) in [6, 6.07) is 23.6. The number of rotatable bonds is 5. The van der Waals surface area contributed by atoms with E-state index in [0.717, 1.165) is 36.7 Å². The second kappa shape index (κ2) is 7.84. The van der Waals surface area contributed by atoms with Crippen molar-refractivity contribution in [3.05, 3.63) is 95.1 Å². The van der Waals surface area contributed by atoms with Gasteiger partial charge in [-0.2, -0.15) is 0 Å². The minimum absolute atomic E-state index is 0.0869. The summed E-state index contributed by atoms with van der Waals surface area (Å²) in [6.07, 6.45) is -0.0869. The Hall–Kier alpha value is -3.31. The van der Waals surface area contributed by atoms with Crippen LogP contribution in [0.3, 0.4) is 0 Å². The fourth-order valence-corrected chi connectivity index (χ4v) is 4.09. The smallest absolute Gasteiger partial charge is 0.335 e. The Morgan fingerprint density at radius 2 is 1.57 bits per heavy atom. The van der Waals surface area contributed by atoms with Crippen LogP contribution in [-0.4, -0.2) is 35.7 Å². The third-order valence-electron chi connectivity index (χ3n) is 5.85. The van der Waals surface area contributed by atoms with Gasteiger partial charge in [-0.3, -0.25) is 4.90 Å². The number of carboxylic acid groups (broad SMARTS) is 1. The van der Waals surface area contributed by atoms with E-state index in [2.05, 4.69) is 29.2 Å². The van der Waals surface area contributed by atoms with Gasteiger partial charge in [0.2, 0.25) is 0 Å². The molecule has 3 aromatic rings. The molecule has 1 N–H and O–H groups in total. The van der Waals surface area contributed by atoms with Gasteiger partial charge in [0.1, 0.15) is 6.61 Å². The first-order chi connectivity index (χ1) is 14.7. The number of benzene rings is 3. The summed E-state index contributed by atoms with van der Waals surface area (Å²) in [7, 11) is 0. The molecule has 0 bridgehead atoms.